The molecule has 0 bridgehead atoms. The largest absolute Gasteiger partial charge is 0.359 e. The Kier molecular flexibility index (Phi) is 10.6. The van der Waals surface area contributed by atoms with Crippen molar-refractivity contribution >= 4 is 0 Å². The van der Waals surface area contributed by atoms with Gasteiger partial charge in [0, 0.05) is 12.7 Å². The molecule has 0 aromatic heterocycles. The van der Waals surface area contributed by atoms with Gasteiger partial charge in [0.25, 0.3) is 0 Å². The van der Waals surface area contributed by atoms with Crippen LogP contribution in [0.25, 0.3) is 0 Å². The van der Waals surface area contributed by atoms with Crippen molar-refractivity contribution in [3.05, 3.63) is 29.5 Å². The SMILES string of the molecule is CC=C=C(/C=C/CCCC)COCOC. The standard InChI is InChI=1S/C13H22O2/c1-4-6-7-8-10-13(9-5-2)11-15-12-14-3/h5,8,10H,4,6-7,11-12H2,1-3H3/b10-8+. The summed E-state index contributed by atoms with van der Waals surface area (Å²) in [5.41, 5.74) is 4.20. The van der Waals surface area contributed by atoms with E-state index in [0.717, 1.165) is 12.0 Å². The Morgan fingerprint density at radius 1 is 1.40 bits per heavy atom. The molecule has 0 aromatic rings. The Morgan fingerprint density at radius 2 is 2.20 bits per heavy atom. The average Bonchev–Trinajstić information content (AvgIpc) is 2.24. The first-order valence-corrected chi connectivity index (χ1v) is 5.48. The van der Waals surface area contributed by atoms with Crippen LogP contribution in [0.4, 0.5) is 0 Å². The summed E-state index contributed by atoms with van der Waals surface area (Å²) in [5, 5.41) is 0. The number of hydrogen-bond acceptors (Lipinski definition) is 2. The van der Waals surface area contributed by atoms with Crippen LogP contribution in [-0.4, -0.2) is 20.5 Å². The van der Waals surface area contributed by atoms with Gasteiger partial charge in [0.2, 0.25) is 0 Å². The molecule has 0 amide bonds. The van der Waals surface area contributed by atoms with Crippen LogP contribution in [0, 0.1) is 0 Å². The molecular weight excluding hydrogens is 188 g/mol. The highest BCUT2D eigenvalue weighted by atomic mass is 16.7. The normalized spacial score (nSPS) is 10.3. The summed E-state index contributed by atoms with van der Waals surface area (Å²) in [6, 6.07) is 0. The summed E-state index contributed by atoms with van der Waals surface area (Å²) >= 11 is 0. The predicted octanol–water partition coefficient (Wildman–Crippen LogP) is 3.45. The molecule has 0 saturated carbocycles. The Balaban J connectivity index is 3.95. The summed E-state index contributed by atoms with van der Waals surface area (Å²) in [6.07, 6.45) is 9.73. The summed E-state index contributed by atoms with van der Waals surface area (Å²) in [5.74, 6) is 0. The van der Waals surface area contributed by atoms with Crippen LogP contribution in [0.3, 0.4) is 0 Å². The number of rotatable bonds is 8. The van der Waals surface area contributed by atoms with Crippen molar-refractivity contribution in [1.29, 1.82) is 0 Å². The van der Waals surface area contributed by atoms with Crippen molar-refractivity contribution in [2.75, 3.05) is 20.5 Å². The summed E-state index contributed by atoms with van der Waals surface area (Å²) in [6.45, 7) is 5.03. The number of methoxy groups -OCH3 is 1. The van der Waals surface area contributed by atoms with Crippen molar-refractivity contribution in [2.24, 2.45) is 0 Å². The van der Waals surface area contributed by atoms with Crippen molar-refractivity contribution < 1.29 is 9.47 Å². The van der Waals surface area contributed by atoms with Crippen LogP contribution < -0.4 is 0 Å². The van der Waals surface area contributed by atoms with Crippen molar-refractivity contribution in [3.63, 3.8) is 0 Å². The van der Waals surface area contributed by atoms with Gasteiger partial charge in [-0.1, -0.05) is 31.9 Å². The van der Waals surface area contributed by atoms with E-state index < -0.39 is 0 Å². The fourth-order valence-corrected chi connectivity index (χ4v) is 1.11. The second-order valence-electron chi connectivity index (χ2n) is 3.26. The van der Waals surface area contributed by atoms with E-state index in [1.54, 1.807) is 7.11 Å². The van der Waals surface area contributed by atoms with Gasteiger partial charge in [0.05, 0.1) is 6.61 Å². The zero-order valence-electron chi connectivity index (χ0n) is 10.1. The molecule has 0 N–H and O–H groups in total. The van der Waals surface area contributed by atoms with Gasteiger partial charge in [0.1, 0.15) is 6.79 Å². The molecule has 86 valence electrons. The highest BCUT2D eigenvalue weighted by Gasteiger charge is 1.91. The third-order valence-corrected chi connectivity index (χ3v) is 1.83. The molecule has 0 aromatic carbocycles. The molecule has 0 aliphatic heterocycles. The topological polar surface area (TPSA) is 18.5 Å². The lowest BCUT2D eigenvalue weighted by molar-refractivity contribution is -0.0203. The van der Waals surface area contributed by atoms with E-state index in [1.807, 2.05) is 13.0 Å². The number of unbranched alkanes of at least 4 members (excludes halogenated alkanes) is 2. The Bertz CT molecular complexity index is 223. The predicted molar refractivity (Wildman–Crippen MR) is 63.8 cm³/mol. The third kappa shape index (κ3) is 9.48. The van der Waals surface area contributed by atoms with Crippen LogP contribution in [0.5, 0.6) is 0 Å². The zero-order valence-corrected chi connectivity index (χ0v) is 10.1. The van der Waals surface area contributed by atoms with E-state index in [9.17, 15) is 0 Å². The second-order valence-corrected chi connectivity index (χ2v) is 3.26. The van der Waals surface area contributed by atoms with Crippen LogP contribution in [0.1, 0.15) is 33.1 Å². The minimum Gasteiger partial charge on any atom is -0.359 e. The number of hydrogen-bond donors (Lipinski definition) is 0. The van der Waals surface area contributed by atoms with Crippen LogP contribution >= 0.6 is 0 Å². The molecule has 0 fully saturated rings. The molecule has 0 radical (unpaired) electrons. The minimum absolute atomic E-state index is 0.331. The maximum Gasteiger partial charge on any atom is 0.146 e. The van der Waals surface area contributed by atoms with Gasteiger partial charge in [-0.25, -0.2) is 0 Å². The minimum atomic E-state index is 0.331. The van der Waals surface area contributed by atoms with E-state index in [2.05, 4.69) is 24.8 Å². The molecule has 0 spiro atoms. The lowest BCUT2D eigenvalue weighted by Gasteiger charge is -2.01. The Labute approximate surface area is 93.3 Å². The molecule has 0 heterocycles. The first-order chi connectivity index (χ1) is 7.35. The highest BCUT2D eigenvalue weighted by Crippen LogP contribution is 2.01. The molecule has 0 unspecified atom stereocenters. The summed E-state index contributed by atoms with van der Waals surface area (Å²) < 4.78 is 10.1. The maximum absolute atomic E-state index is 5.26. The van der Waals surface area contributed by atoms with Crippen molar-refractivity contribution in [2.45, 2.75) is 33.1 Å². The van der Waals surface area contributed by atoms with Crippen molar-refractivity contribution in [3.8, 4) is 0 Å². The molecule has 0 aliphatic rings. The molecule has 2 nitrogen and oxygen atoms in total. The van der Waals surface area contributed by atoms with Crippen LogP contribution in [0.2, 0.25) is 0 Å². The van der Waals surface area contributed by atoms with Gasteiger partial charge >= 0.3 is 0 Å². The third-order valence-electron chi connectivity index (χ3n) is 1.83. The van der Waals surface area contributed by atoms with Crippen molar-refractivity contribution in [1.82, 2.24) is 0 Å². The first-order valence-electron chi connectivity index (χ1n) is 5.48. The monoisotopic (exact) mass is 210 g/mol. The Morgan fingerprint density at radius 3 is 2.80 bits per heavy atom. The van der Waals surface area contributed by atoms with Gasteiger partial charge in [-0.15, -0.1) is 5.73 Å². The summed E-state index contributed by atoms with van der Waals surface area (Å²) in [4.78, 5) is 0. The average molecular weight is 210 g/mol. The van der Waals surface area contributed by atoms with E-state index >= 15 is 0 Å². The van der Waals surface area contributed by atoms with Crippen LogP contribution in [-0.2, 0) is 9.47 Å². The summed E-state index contributed by atoms with van der Waals surface area (Å²) in [7, 11) is 1.62. The fourth-order valence-electron chi connectivity index (χ4n) is 1.11. The fraction of sp³-hybridized carbons (Fsp3) is 0.615. The highest BCUT2D eigenvalue weighted by molar-refractivity contribution is 5.18. The molecule has 2 heteroatoms. The smallest absolute Gasteiger partial charge is 0.146 e. The molecule has 0 aliphatic carbocycles. The van der Waals surface area contributed by atoms with Gasteiger partial charge in [-0.2, -0.15) is 0 Å². The van der Waals surface area contributed by atoms with Gasteiger partial charge < -0.3 is 9.47 Å². The zero-order chi connectivity index (χ0) is 11.4. The van der Waals surface area contributed by atoms with Gasteiger partial charge in [-0.05, 0) is 19.4 Å². The quantitative estimate of drug-likeness (QED) is 0.264. The molecule has 0 atom stereocenters. The maximum atomic E-state index is 5.26. The lowest BCUT2D eigenvalue weighted by atomic mass is 10.2. The first kappa shape index (κ1) is 14.2. The number of ether oxygens (including phenoxy) is 2. The number of allylic oxidation sites excluding steroid dienone is 1. The molecular formula is C13H22O2. The van der Waals surface area contributed by atoms with Gasteiger partial charge in [-0.3, -0.25) is 0 Å². The molecule has 0 rings (SSSR count). The van der Waals surface area contributed by atoms with E-state index in [-0.39, 0.29) is 0 Å². The lowest BCUT2D eigenvalue weighted by Crippen LogP contribution is -1.99. The second kappa shape index (κ2) is 11.3. The van der Waals surface area contributed by atoms with E-state index in [4.69, 9.17) is 9.47 Å². The van der Waals surface area contributed by atoms with Crippen LogP contribution in [0.15, 0.2) is 29.5 Å². The van der Waals surface area contributed by atoms with E-state index in [1.165, 1.54) is 12.8 Å². The molecule has 0 saturated heterocycles. The van der Waals surface area contributed by atoms with Gasteiger partial charge in [0.15, 0.2) is 0 Å². The Hall–Kier alpha value is -0.820. The molecule has 15 heavy (non-hydrogen) atoms. The van der Waals surface area contributed by atoms with E-state index in [0.29, 0.717) is 13.4 Å².